The fourth-order valence-corrected chi connectivity index (χ4v) is 4.73. The van der Waals surface area contributed by atoms with Gasteiger partial charge in [0.25, 0.3) is 0 Å². The minimum atomic E-state index is -5.08. The lowest BCUT2D eigenvalue weighted by Gasteiger charge is -2.19. The van der Waals surface area contributed by atoms with Crippen LogP contribution in [0.2, 0.25) is 5.02 Å². The number of rotatable bonds is 6. The molecule has 1 unspecified atom stereocenters. The Morgan fingerprint density at radius 2 is 1.77 bits per heavy atom. The van der Waals surface area contributed by atoms with Crippen molar-refractivity contribution in [1.29, 1.82) is 0 Å². The van der Waals surface area contributed by atoms with Crippen molar-refractivity contribution in [2.75, 3.05) is 18.6 Å². The lowest BCUT2D eigenvalue weighted by molar-refractivity contribution is -0.192. The van der Waals surface area contributed by atoms with Crippen molar-refractivity contribution >= 4 is 39.8 Å². The number of aliphatic carboxylic acids is 1. The molecule has 5 N–H and O–H groups in total. The minimum Gasteiger partial charge on any atom is -0.496 e. The maximum Gasteiger partial charge on any atom is 0.490 e. The number of nitrogens with two attached hydrogens (primary N) is 2. The number of aromatic nitrogens is 4. The second-order valence-corrected chi connectivity index (χ2v) is 10.1. The molecule has 0 bridgehead atoms. The van der Waals surface area contributed by atoms with Gasteiger partial charge in [-0.1, -0.05) is 30.7 Å². The highest BCUT2D eigenvalue weighted by molar-refractivity contribution is 6.30. The van der Waals surface area contributed by atoms with E-state index in [4.69, 9.17) is 47.7 Å². The summed E-state index contributed by atoms with van der Waals surface area (Å²) in [5.74, 6) is -2.06. The number of carbonyl (C=O) groups is 1. The normalized spacial score (nSPS) is 12.0. The number of aryl methyl sites for hydroxylation is 2. The molecule has 0 fully saturated rings. The Bertz CT molecular complexity index is 1840. The van der Waals surface area contributed by atoms with Gasteiger partial charge in [-0.25, -0.2) is 19.2 Å². The first-order chi connectivity index (χ1) is 20.7. The maximum absolute atomic E-state index is 15.5. The maximum atomic E-state index is 15.5. The van der Waals surface area contributed by atoms with Crippen LogP contribution in [0.1, 0.15) is 35.5 Å². The van der Waals surface area contributed by atoms with E-state index >= 15 is 4.39 Å². The van der Waals surface area contributed by atoms with Gasteiger partial charge in [0.05, 0.1) is 24.3 Å². The van der Waals surface area contributed by atoms with E-state index in [2.05, 4.69) is 5.10 Å². The van der Waals surface area contributed by atoms with E-state index in [1.165, 1.54) is 6.07 Å². The summed E-state index contributed by atoms with van der Waals surface area (Å²) in [4.78, 5) is 18.4. The number of nitrogen functional groups attached to an aromatic ring is 2. The largest absolute Gasteiger partial charge is 0.496 e. The lowest BCUT2D eigenvalue weighted by Crippen LogP contribution is -2.21. The average molecular weight is 631 g/mol. The summed E-state index contributed by atoms with van der Waals surface area (Å²) >= 11 is 6.26. The van der Waals surface area contributed by atoms with Gasteiger partial charge in [-0.2, -0.15) is 18.3 Å². The van der Waals surface area contributed by atoms with Gasteiger partial charge in [0, 0.05) is 28.7 Å². The molecule has 5 aromatic rings. The lowest BCUT2D eigenvalue weighted by atomic mass is 9.91. The van der Waals surface area contributed by atoms with Crippen LogP contribution >= 0.6 is 11.6 Å². The first kappa shape index (κ1) is 32.0. The molecule has 5 rings (SSSR count). The fraction of sp³-hybridized carbons (Fsp3) is 0.200. The molecule has 14 heteroatoms. The first-order valence-corrected chi connectivity index (χ1v) is 13.4. The summed E-state index contributed by atoms with van der Waals surface area (Å²) in [5, 5.41) is 13.9. The summed E-state index contributed by atoms with van der Waals surface area (Å²) in [5.41, 5.74) is 15.6. The van der Waals surface area contributed by atoms with Gasteiger partial charge in [-0.15, -0.1) is 0 Å². The van der Waals surface area contributed by atoms with Crippen LogP contribution in [0.5, 0.6) is 5.75 Å². The Morgan fingerprint density at radius 3 is 2.41 bits per heavy atom. The average Bonchev–Trinajstić information content (AvgIpc) is 3.34. The van der Waals surface area contributed by atoms with Crippen LogP contribution in [0.25, 0.3) is 22.2 Å². The first-order valence-electron chi connectivity index (χ1n) is 13.0. The number of hydrogen-bond donors (Lipinski definition) is 3. The van der Waals surface area contributed by atoms with Crippen LogP contribution in [-0.4, -0.2) is 44.1 Å². The van der Waals surface area contributed by atoms with E-state index < -0.39 is 18.1 Å². The van der Waals surface area contributed by atoms with Gasteiger partial charge in [0.2, 0.25) is 0 Å². The Labute approximate surface area is 254 Å². The minimum absolute atomic E-state index is 0.323. The second kappa shape index (κ2) is 12.8. The zero-order valence-electron chi connectivity index (χ0n) is 23.7. The van der Waals surface area contributed by atoms with E-state index in [1.54, 1.807) is 49.2 Å². The number of halogens is 5. The summed E-state index contributed by atoms with van der Waals surface area (Å²) < 4.78 is 54.3. The second-order valence-electron chi connectivity index (χ2n) is 9.62. The van der Waals surface area contributed by atoms with E-state index in [0.29, 0.717) is 50.7 Å². The molecule has 2 heterocycles. The third-order valence-corrected chi connectivity index (χ3v) is 6.91. The van der Waals surface area contributed by atoms with Crippen LogP contribution in [0.3, 0.4) is 0 Å². The predicted molar refractivity (Wildman–Crippen MR) is 159 cm³/mol. The van der Waals surface area contributed by atoms with Gasteiger partial charge >= 0.3 is 12.1 Å². The van der Waals surface area contributed by atoms with E-state index in [0.717, 1.165) is 22.8 Å². The molecular formula is C30H27ClF4N6O3. The number of methoxy groups -OCH3 is 1. The Balaban J connectivity index is 0.000000566. The van der Waals surface area contributed by atoms with Crippen molar-refractivity contribution < 1.29 is 32.2 Å². The van der Waals surface area contributed by atoms with Gasteiger partial charge in [0.1, 0.15) is 23.2 Å². The van der Waals surface area contributed by atoms with Crippen molar-refractivity contribution in [2.45, 2.75) is 25.4 Å². The molecule has 0 aliphatic heterocycles. The number of carboxylic acids is 1. The summed E-state index contributed by atoms with van der Waals surface area (Å²) in [6.07, 6.45) is -4.34. The monoisotopic (exact) mass is 630 g/mol. The zero-order valence-corrected chi connectivity index (χ0v) is 24.4. The third kappa shape index (κ3) is 6.83. The van der Waals surface area contributed by atoms with Crippen molar-refractivity contribution in [1.82, 2.24) is 19.7 Å². The number of anilines is 2. The fourth-order valence-electron chi connectivity index (χ4n) is 4.55. The van der Waals surface area contributed by atoms with E-state index in [9.17, 15) is 13.2 Å². The molecule has 1 atom stereocenters. The molecule has 9 nitrogen and oxygen atoms in total. The Morgan fingerprint density at radius 1 is 1.07 bits per heavy atom. The van der Waals surface area contributed by atoms with Crippen LogP contribution in [-0.2, 0) is 18.3 Å². The number of alkyl halides is 3. The molecule has 0 saturated carbocycles. The van der Waals surface area contributed by atoms with Crippen LogP contribution in [0.4, 0.5) is 29.1 Å². The SMILES string of the molecule is CCc1ccc(F)c(C(c2cc3cc(N)ccc3c(N)n2)c2nc(-c3cc(Cl)ccc3OC)nn2C)c1.O=C(O)C(F)(F)F. The molecule has 44 heavy (non-hydrogen) atoms. The summed E-state index contributed by atoms with van der Waals surface area (Å²) in [6.45, 7) is 2.02. The number of nitrogens with zero attached hydrogens (tertiary/aromatic N) is 4. The van der Waals surface area contributed by atoms with Crippen LogP contribution in [0.15, 0.2) is 60.7 Å². The highest BCUT2D eigenvalue weighted by Crippen LogP contribution is 2.37. The molecule has 0 saturated heterocycles. The standard InChI is InChI=1S/C28H26ClFN6O.C2HF3O2/c1-4-15-5-9-22(30)20(11-15)25(23-13-16-12-18(31)7-8-19(16)26(32)33-23)28-34-27(35-36(28)2)21-14-17(29)6-10-24(21)37-3;3-2(4,5)1(6)7/h5-14,25H,4,31H2,1-3H3,(H2,32,33);(H,6,7). The Hall–Kier alpha value is -4.91. The smallest absolute Gasteiger partial charge is 0.490 e. The van der Waals surface area contributed by atoms with Gasteiger partial charge in [-0.05, 0) is 65.9 Å². The summed E-state index contributed by atoms with van der Waals surface area (Å²) in [6, 6.07) is 17.6. The molecule has 2 aromatic heterocycles. The van der Waals surface area contributed by atoms with Crippen molar-refractivity contribution in [3.8, 4) is 17.1 Å². The van der Waals surface area contributed by atoms with Gasteiger partial charge in [-0.3, -0.25) is 4.68 Å². The topological polar surface area (TPSA) is 142 Å². The molecular weight excluding hydrogens is 604 g/mol. The molecule has 0 aliphatic rings. The number of fused-ring (bicyclic) bond motifs is 1. The number of ether oxygens (including phenoxy) is 1. The van der Waals surface area contributed by atoms with Crippen molar-refractivity contribution in [3.05, 3.63) is 94.1 Å². The number of hydrogen-bond acceptors (Lipinski definition) is 7. The molecule has 0 spiro atoms. The number of pyridine rings is 1. The van der Waals surface area contributed by atoms with Crippen LogP contribution in [0, 0.1) is 5.82 Å². The van der Waals surface area contributed by atoms with Crippen LogP contribution < -0.4 is 16.2 Å². The van der Waals surface area contributed by atoms with Crippen molar-refractivity contribution in [2.24, 2.45) is 7.05 Å². The van der Waals surface area contributed by atoms with Gasteiger partial charge in [0.15, 0.2) is 5.82 Å². The van der Waals surface area contributed by atoms with Crippen molar-refractivity contribution in [3.63, 3.8) is 0 Å². The molecule has 0 aliphatic carbocycles. The quantitative estimate of drug-likeness (QED) is 0.145. The Kier molecular flexibility index (Phi) is 9.28. The molecule has 0 amide bonds. The van der Waals surface area contributed by atoms with E-state index in [1.807, 2.05) is 31.2 Å². The zero-order chi connectivity index (χ0) is 32.3. The molecule has 0 radical (unpaired) electrons. The van der Waals surface area contributed by atoms with Gasteiger partial charge < -0.3 is 21.3 Å². The highest BCUT2D eigenvalue weighted by atomic mass is 35.5. The predicted octanol–water partition coefficient (Wildman–Crippen LogP) is 6.37. The van der Waals surface area contributed by atoms with E-state index in [-0.39, 0.29) is 5.82 Å². The number of benzene rings is 3. The number of carboxylic acid groups (broad SMARTS) is 1. The molecule has 3 aromatic carbocycles. The third-order valence-electron chi connectivity index (χ3n) is 6.68. The highest BCUT2D eigenvalue weighted by Gasteiger charge is 2.38. The molecule has 230 valence electrons. The summed E-state index contributed by atoms with van der Waals surface area (Å²) in [7, 11) is 3.33.